The van der Waals surface area contributed by atoms with Gasteiger partial charge in [-0.1, -0.05) is 63.3 Å². The molecule has 0 amide bonds. The van der Waals surface area contributed by atoms with Crippen LogP contribution in [0.1, 0.15) is 52.9 Å². The Morgan fingerprint density at radius 2 is 1.96 bits per heavy atom. The highest BCUT2D eigenvalue weighted by Gasteiger charge is 2.29. The number of ketones is 1. The van der Waals surface area contributed by atoms with Crippen molar-refractivity contribution in [3.05, 3.63) is 48.1 Å². The van der Waals surface area contributed by atoms with Gasteiger partial charge >= 0.3 is 11.9 Å². The van der Waals surface area contributed by atoms with Gasteiger partial charge in [0.05, 0.1) is 5.92 Å². The summed E-state index contributed by atoms with van der Waals surface area (Å²) < 4.78 is 5.06. The maximum Gasteiger partial charge on any atom is 0.331 e. The average molecular weight is 374 g/mol. The largest absolute Gasteiger partial charge is 0.478 e. The Hall–Kier alpha value is -2.43. The van der Waals surface area contributed by atoms with Crippen LogP contribution in [0, 0.1) is 11.8 Å². The molecule has 27 heavy (non-hydrogen) atoms. The Kier molecular flexibility index (Phi) is 10.1. The van der Waals surface area contributed by atoms with E-state index in [2.05, 4.69) is 19.9 Å². The lowest BCUT2D eigenvalue weighted by Gasteiger charge is -2.22. The van der Waals surface area contributed by atoms with Crippen LogP contribution < -0.4 is 0 Å². The summed E-state index contributed by atoms with van der Waals surface area (Å²) in [6.45, 7) is 6.31. The first kappa shape index (κ1) is 22.6. The number of unbranched alkanes of at least 4 members (excludes halogenated alkanes) is 3. The van der Waals surface area contributed by atoms with Gasteiger partial charge in [-0.2, -0.15) is 0 Å². The minimum atomic E-state index is -1.16. The van der Waals surface area contributed by atoms with Crippen molar-refractivity contribution in [1.29, 1.82) is 0 Å². The molecule has 0 aromatic heterocycles. The third-order valence-corrected chi connectivity index (χ3v) is 4.37. The van der Waals surface area contributed by atoms with Crippen LogP contribution in [0.15, 0.2) is 48.1 Å². The molecular weight excluding hydrogens is 344 g/mol. The van der Waals surface area contributed by atoms with Gasteiger partial charge in [0, 0.05) is 12.2 Å². The Balaban J connectivity index is 2.68. The van der Waals surface area contributed by atoms with Crippen molar-refractivity contribution in [2.45, 2.75) is 59.0 Å². The normalized spacial score (nSPS) is 21.6. The molecule has 3 atom stereocenters. The van der Waals surface area contributed by atoms with Gasteiger partial charge in [0.1, 0.15) is 6.10 Å². The number of cyclic esters (lactones) is 1. The number of ether oxygens (including phenoxy) is 1. The van der Waals surface area contributed by atoms with Gasteiger partial charge in [-0.3, -0.25) is 4.79 Å². The van der Waals surface area contributed by atoms with Crippen molar-refractivity contribution < 1.29 is 24.2 Å². The molecule has 0 aliphatic carbocycles. The van der Waals surface area contributed by atoms with E-state index in [1.165, 1.54) is 50.0 Å². The summed E-state index contributed by atoms with van der Waals surface area (Å²) in [5.41, 5.74) is 1.00. The zero-order valence-corrected chi connectivity index (χ0v) is 16.4. The van der Waals surface area contributed by atoms with E-state index >= 15 is 0 Å². The van der Waals surface area contributed by atoms with Crippen molar-refractivity contribution >= 4 is 17.7 Å². The van der Waals surface area contributed by atoms with Crippen LogP contribution in [0.2, 0.25) is 0 Å². The molecule has 1 aliphatic rings. The van der Waals surface area contributed by atoms with Gasteiger partial charge in [-0.05, 0) is 31.4 Å². The predicted octanol–water partition coefficient (Wildman–Crippen LogP) is 4.40. The highest BCUT2D eigenvalue weighted by molar-refractivity contribution is 5.96. The van der Waals surface area contributed by atoms with Gasteiger partial charge in [-0.25, -0.2) is 9.59 Å². The van der Waals surface area contributed by atoms with E-state index in [0.29, 0.717) is 5.92 Å². The summed E-state index contributed by atoms with van der Waals surface area (Å²) in [4.78, 5) is 34.5. The number of allylic oxidation sites excluding steroid dienone is 4. The Morgan fingerprint density at radius 1 is 1.22 bits per heavy atom. The van der Waals surface area contributed by atoms with E-state index in [4.69, 9.17) is 9.84 Å². The first-order chi connectivity index (χ1) is 12.8. The van der Waals surface area contributed by atoms with Crippen LogP contribution in [0.3, 0.4) is 0 Å². The Labute approximate surface area is 161 Å². The maximum atomic E-state index is 12.5. The zero-order valence-electron chi connectivity index (χ0n) is 16.4. The molecule has 1 aliphatic heterocycles. The van der Waals surface area contributed by atoms with Crippen molar-refractivity contribution in [3.8, 4) is 0 Å². The second-order valence-corrected chi connectivity index (χ2v) is 6.96. The lowest BCUT2D eigenvalue weighted by atomic mass is 9.93. The summed E-state index contributed by atoms with van der Waals surface area (Å²) in [6, 6.07) is 0. The molecule has 1 heterocycles. The summed E-state index contributed by atoms with van der Waals surface area (Å²) in [6.07, 6.45) is 15.3. The van der Waals surface area contributed by atoms with E-state index < -0.39 is 24.0 Å². The van der Waals surface area contributed by atoms with E-state index in [1.807, 2.05) is 6.92 Å². The van der Waals surface area contributed by atoms with Crippen LogP contribution in [-0.2, 0) is 19.1 Å². The van der Waals surface area contributed by atoms with Gasteiger partial charge in [0.15, 0.2) is 5.78 Å². The topological polar surface area (TPSA) is 80.7 Å². The molecule has 1 rings (SSSR count). The van der Waals surface area contributed by atoms with Gasteiger partial charge in [-0.15, -0.1) is 0 Å². The lowest BCUT2D eigenvalue weighted by molar-refractivity contribution is -0.145. The first-order valence-electron chi connectivity index (χ1n) is 9.53. The molecular formula is C22H30O5. The summed E-state index contributed by atoms with van der Waals surface area (Å²) in [5, 5.41) is 8.73. The van der Waals surface area contributed by atoms with E-state index in [-0.39, 0.29) is 5.78 Å². The fourth-order valence-corrected chi connectivity index (χ4v) is 2.94. The number of aliphatic carboxylic acids is 1. The quantitative estimate of drug-likeness (QED) is 0.251. The molecule has 1 N–H and O–H groups in total. The SMILES string of the molecule is CCCCCC[C@H](C)C=C(C)C=CC(=O)[C@H]1C=CC(=O)O[C@H]1C=CC(=O)O. The number of carbonyl (C=O) groups is 3. The predicted molar refractivity (Wildman–Crippen MR) is 105 cm³/mol. The van der Waals surface area contributed by atoms with Crippen LogP contribution >= 0.6 is 0 Å². The third-order valence-electron chi connectivity index (χ3n) is 4.37. The number of carboxylic acids is 1. The molecule has 0 bridgehead atoms. The molecule has 0 radical (unpaired) electrons. The van der Waals surface area contributed by atoms with E-state index in [0.717, 1.165) is 18.1 Å². The van der Waals surface area contributed by atoms with E-state index in [1.54, 1.807) is 6.08 Å². The van der Waals surface area contributed by atoms with Crippen molar-refractivity contribution in [1.82, 2.24) is 0 Å². The molecule has 0 spiro atoms. The third kappa shape index (κ3) is 9.18. The minimum absolute atomic E-state index is 0.234. The number of rotatable bonds is 11. The fourth-order valence-electron chi connectivity index (χ4n) is 2.94. The standard InChI is InChI=1S/C22H30O5/c1-4-5-6-7-8-16(2)15-17(3)9-11-19(23)18-10-14-22(26)27-20(18)12-13-21(24)25/h9-16,18,20H,4-8H2,1-3H3,(H,24,25)/t16-,18+,20-/m0/s1. The molecule has 0 aromatic rings. The molecule has 5 nitrogen and oxygen atoms in total. The molecule has 0 fully saturated rings. The van der Waals surface area contributed by atoms with Gasteiger partial charge in [0.2, 0.25) is 0 Å². The molecule has 0 saturated carbocycles. The second kappa shape index (κ2) is 12.0. The highest BCUT2D eigenvalue weighted by Crippen LogP contribution is 2.20. The molecule has 0 aromatic carbocycles. The van der Waals surface area contributed by atoms with Crippen LogP contribution in [0.5, 0.6) is 0 Å². The summed E-state index contributed by atoms with van der Waals surface area (Å²) >= 11 is 0. The maximum absolute atomic E-state index is 12.5. The monoisotopic (exact) mass is 374 g/mol. The number of esters is 1. The number of hydrogen-bond acceptors (Lipinski definition) is 4. The van der Waals surface area contributed by atoms with Gasteiger partial charge < -0.3 is 9.84 Å². The molecule has 5 heteroatoms. The molecule has 0 unspecified atom stereocenters. The zero-order chi connectivity index (χ0) is 20.2. The Bertz CT molecular complexity index is 639. The molecule has 148 valence electrons. The van der Waals surface area contributed by atoms with Gasteiger partial charge in [0.25, 0.3) is 0 Å². The van der Waals surface area contributed by atoms with E-state index in [9.17, 15) is 14.4 Å². The Morgan fingerprint density at radius 3 is 2.63 bits per heavy atom. The second-order valence-electron chi connectivity index (χ2n) is 6.96. The minimum Gasteiger partial charge on any atom is -0.478 e. The fraction of sp³-hybridized carbons (Fsp3) is 0.500. The number of carboxylic acid groups (broad SMARTS) is 1. The van der Waals surface area contributed by atoms with Crippen molar-refractivity contribution in [2.24, 2.45) is 11.8 Å². The van der Waals surface area contributed by atoms with Crippen molar-refractivity contribution in [3.63, 3.8) is 0 Å². The van der Waals surface area contributed by atoms with Crippen molar-refractivity contribution in [2.75, 3.05) is 0 Å². The van der Waals surface area contributed by atoms with Crippen LogP contribution in [0.4, 0.5) is 0 Å². The lowest BCUT2D eigenvalue weighted by Crippen LogP contribution is -2.32. The number of carbonyl (C=O) groups excluding carboxylic acids is 2. The van der Waals surface area contributed by atoms with Crippen LogP contribution in [0.25, 0.3) is 0 Å². The molecule has 0 saturated heterocycles. The summed E-state index contributed by atoms with van der Waals surface area (Å²) in [7, 11) is 0. The smallest absolute Gasteiger partial charge is 0.331 e. The first-order valence-corrected chi connectivity index (χ1v) is 9.53. The highest BCUT2D eigenvalue weighted by atomic mass is 16.5. The average Bonchev–Trinajstić information content (AvgIpc) is 2.61. The van der Waals surface area contributed by atoms with Crippen LogP contribution in [-0.4, -0.2) is 28.9 Å². The summed E-state index contributed by atoms with van der Waals surface area (Å²) in [5.74, 6) is -2.25. The number of hydrogen-bond donors (Lipinski definition) is 1.